The predicted octanol–water partition coefficient (Wildman–Crippen LogP) is 2.49. The van der Waals surface area contributed by atoms with Crippen molar-refractivity contribution in [3.63, 3.8) is 0 Å². The highest BCUT2D eigenvalue weighted by Crippen LogP contribution is 2.18. The molecule has 10 heteroatoms. The number of nitrogens with one attached hydrogen (secondary N) is 1. The molecule has 0 unspecified atom stereocenters. The monoisotopic (exact) mass is 442 g/mol. The molecule has 3 rings (SSSR count). The largest absolute Gasteiger partial charge is 0.481 e. The van der Waals surface area contributed by atoms with Gasteiger partial charge in [-0.1, -0.05) is 29.8 Å². The first-order valence-electron chi connectivity index (χ1n) is 9.29. The Kier molecular flexibility index (Phi) is 6.99. The van der Waals surface area contributed by atoms with Crippen LogP contribution in [0.5, 0.6) is 0 Å². The molecule has 160 valence electrons. The summed E-state index contributed by atoms with van der Waals surface area (Å²) < 4.78 is 1.20. The summed E-state index contributed by atoms with van der Waals surface area (Å²) in [4.78, 5) is 39.5. The second-order valence-corrected chi connectivity index (χ2v) is 7.20. The molecule has 3 aromatic rings. The van der Waals surface area contributed by atoms with Crippen LogP contribution in [0.3, 0.4) is 0 Å². The Labute approximate surface area is 182 Å². The normalized spacial score (nSPS) is 11.6. The zero-order valence-corrected chi connectivity index (χ0v) is 17.0. The van der Waals surface area contributed by atoms with Crippen LogP contribution in [0.15, 0.2) is 54.9 Å². The highest BCUT2D eigenvalue weighted by molar-refractivity contribution is 6.31. The van der Waals surface area contributed by atoms with E-state index in [2.05, 4.69) is 15.4 Å². The Balaban J connectivity index is 1.81. The zero-order chi connectivity index (χ0) is 22.4. The van der Waals surface area contributed by atoms with E-state index in [1.807, 2.05) is 0 Å². The van der Waals surface area contributed by atoms with E-state index in [-0.39, 0.29) is 30.8 Å². The Morgan fingerprint density at radius 1 is 1.10 bits per heavy atom. The maximum Gasteiger partial charge on any atom is 0.354 e. The maximum atomic E-state index is 12.7. The van der Waals surface area contributed by atoms with Crippen molar-refractivity contribution in [2.75, 3.05) is 0 Å². The SMILES string of the molecule is O=C(O)C[C@@H](Cc1ccccc1Cl)NC(=O)c1cc(C(=O)O)n(Cc2ccncc2)n1. The number of aromatic carboxylic acids is 1. The van der Waals surface area contributed by atoms with Crippen molar-refractivity contribution in [1.82, 2.24) is 20.1 Å². The molecule has 0 aliphatic heterocycles. The van der Waals surface area contributed by atoms with Crippen LogP contribution in [0.2, 0.25) is 5.02 Å². The second-order valence-electron chi connectivity index (χ2n) is 6.80. The molecule has 2 aromatic heterocycles. The molecular weight excluding hydrogens is 424 g/mol. The number of nitrogens with zero attached hydrogens (tertiary/aromatic N) is 3. The summed E-state index contributed by atoms with van der Waals surface area (Å²) >= 11 is 6.15. The standard InChI is InChI=1S/C21H19ClN4O5/c22-16-4-2-1-3-14(16)9-15(10-19(27)28)24-20(29)17-11-18(21(30)31)26(25-17)12-13-5-7-23-8-6-13/h1-8,11,15H,9-10,12H2,(H,24,29)(H,27,28)(H,30,31)/t15-/m1/s1. The summed E-state index contributed by atoms with van der Waals surface area (Å²) in [6.07, 6.45) is 3.00. The summed E-state index contributed by atoms with van der Waals surface area (Å²) in [6, 6.07) is 10.8. The molecule has 0 spiro atoms. The lowest BCUT2D eigenvalue weighted by Gasteiger charge is -2.17. The van der Waals surface area contributed by atoms with Gasteiger partial charge in [0.25, 0.3) is 5.91 Å². The Morgan fingerprint density at radius 3 is 2.45 bits per heavy atom. The van der Waals surface area contributed by atoms with E-state index in [0.29, 0.717) is 10.6 Å². The van der Waals surface area contributed by atoms with Gasteiger partial charge in [0.05, 0.1) is 13.0 Å². The molecule has 2 heterocycles. The third kappa shape index (κ3) is 5.89. The number of aromatic nitrogens is 3. The Bertz CT molecular complexity index is 1100. The van der Waals surface area contributed by atoms with Crippen LogP contribution >= 0.6 is 11.6 Å². The molecule has 0 radical (unpaired) electrons. The average Bonchev–Trinajstić information content (AvgIpc) is 3.14. The average molecular weight is 443 g/mol. The molecular formula is C21H19ClN4O5. The fourth-order valence-electron chi connectivity index (χ4n) is 3.06. The summed E-state index contributed by atoms with van der Waals surface area (Å²) in [7, 11) is 0. The molecule has 1 aromatic carbocycles. The number of aliphatic carboxylic acids is 1. The summed E-state index contributed by atoms with van der Waals surface area (Å²) in [5, 5.41) is 25.9. The molecule has 31 heavy (non-hydrogen) atoms. The number of halogens is 1. The van der Waals surface area contributed by atoms with Crippen molar-refractivity contribution >= 4 is 29.4 Å². The van der Waals surface area contributed by atoms with Gasteiger partial charge < -0.3 is 15.5 Å². The Hall–Kier alpha value is -3.72. The fraction of sp³-hybridized carbons (Fsp3) is 0.190. The van der Waals surface area contributed by atoms with Gasteiger partial charge in [-0.2, -0.15) is 5.10 Å². The number of rotatable bonds is 9. The number of hydrogen-bond donors (Lipinski definition) is 3. The molecule has 1 atom stereocenters. The molecule has 0 saturated carbocycles. The van der Waals surface area contributed by atoms with Crippen molar-refractivity contribution in [3.8, 4) is 0 Å². The van der Waals surface area contributed by atoms with Crippen LogP contribution in [-0.2, 0) is 17.8 Å². The number of carboxylic acids is 2. The van der Waals surface area contributed by atoms with Gasteiger partial charge in [-0.05, 0) is 35.7 Å². The minimum atomic E-state index is -1.24. The molecule has 0 aliphatic rings. The first-order chi connectivity index (χ1) is 14.8. The maximum absolute atomic E-state index is 12.7. The van der Waals surface area contributed by atoms with Gasteiger partial charge in [0.2, 0.25) is 0 Å². The second kappa shape index (κ2) is 9.86. The van der Waals surface area contributed by atoms with Crippen LogP contribution in [0.25, 0.3) is 0 Å². The predicted molar refractivity (Wildman–Crippen MR) is 111 cm³/mol. The van der Waals surface area contributed by atoms with Gasteiger partial charge in [0.1, 0.15) is 5.69 Å². The fourth-order valence-corrected chi connectivity index (χ4v) is 3.27. The lowest BCUT2D eigenvalue weighted by molar-refractivity contribution is -0.137. The van der Waals surface area contributed by atoms with Crippen LogP contribution in [0.1, 0.15) is 38.5 Å². The molecule has 9 nitrogen and oxygen atoms in total. The molecule has 1 amide bonds. The summed E-state index contributed by atoms with van der Waals surface area (Å²) in [5.74, 6) is -3.00. The number of hydrogen-bond acceptors (Lipinski definition) is 5. The van der Waals surface area contributed by atoms with Gasteiger partial charge in [0.15, 0.2) is 5.69 Å². The number of pyridine rings is 1. The van der Waals surface area contributed by atoms with E-state index in [4.69, 9.17) is 11.6 Å². The molecule has 0 saturated heterocycles. The van der Waals surface area contributed by atoms with Gasteiger partial charge >= 0.3 is 11.9 Å². The zero-order valence-electron chi connectivity index (χ0n) is 16.2. The van der Waals surface area contributed by atoms with E-state index >= 15 is 0 Å². The van der Waals surface area contributed by atoms with Crippen LogP contribution in [0, 0.1) is 0 Å². The number of benzene rings is 1. The third-order valence-corrected chi connectivity index (χ3v) is 4.86. The molecule has 3 N–H and O–H groups in total. The van der Waals surface area contributed by atoms with E-state index in [9.17, 15) is 24.6 Å². The van der Waals surface area contributed by atoms with Crippen molar-refractivity contribution in [2.24, 2.45) is 0 Å². The van der Waals surface area contributed by atoms with Gasteiger partial charge in [-0.15, -0.1) is 0 Å². The van der Waals surface area contributed by atoms with Gasteiger partial charge in [-0.3, -0.25) is 19.3 Å². The third-order valence-electron chi connectivity index (χ3n) is 4.49. The summed E-state index contributed by atoms with van der Waals surface area (Å²) in [5.41, 5.74) is 1.16. The minimum Gasteiger partial charge on any atom is -0.481 e. The molecule has 0 fully saturated rings. The van der Waals surface area contributed by atoms with Crippen molar-refractivity contribution < 1.29 is 24.6 Å². The number of carboxylic acid groups (broad SMARTS) is 2. The smallest absolute Gasteiger partial charge is 0.354 e. The number of carbonyl (C=O) groups excluding carboxylic acids is 1. The van der Waals surface area contributed by atoms with Crippen LogP contribution in [-0.4, -0.2) is 48.9 Å². The van der Waals surface area contributed by atoms with Crippen LogP contribution in [0.4, 0.5) is 0 Å². The first kappa shape index (κ1) is 22.0. The van der Waals surface area contributed by atoms with E-state index in [1.54, 1.807) is 48.8 Å². The van der Waals surface area contributed by atoms with Gasteiger partial charge in [0, 0.05) is 29.5 Å². The van der Waals surface area contributed by atoms with Crippen molar-refractivity contribution in [3.05, 3.63) is 82.4 Å². The van der Waals surface area contributed by atoms with Crippen molar-refractivity contribution in [2.45, 2.75) is 25.4 Å². The minimum absolute atomic E-state index is 0.124. The van der Waals surface area contributed by atoms with Gasteiger partial charge in [-0.25, -0.2) is 4.79 Å². The summed E-state index contributed by atoms with van der Waals surface area (Å²) in [6.45, 7) is 0.135. The number of carbonyl (C=O) groups is 3. The highest BCUT2D eigenvalue weighted by atomic mass is 35.5. The highest BCUT2D eigenvalue weighted by Gasteiger charge is 2.23. The van der Waals surface area contributed by atoms with E-state index in [1.165, 1.54) is 4.68 Å². The lowest BCUT2D eigenvalue weighted by Crippen LogP contribution is -2.38. The van der Waals surface area contributed by atoms with E-state index < -0.39 is 23.9 Å². The number of amides is 1. The quantitative estimate of drug-likeness (QED) is 0.463. The van der Waals surface area contributed by atoms with E-state index in [0.717, 1.165) is 11.6 Å². The molecule has 0 aliphatic carbocycles. The topological polar surface area (TPSA) is 134 Å². The van der Waals surface area contributed by atoms with Crippen molar-refractivity contribution in [1.29, 1.82) is 0 Å². The lowest BCUT2D eigenvalue weighted by atomic mass is 10.0. The Morgan fingerprint density at radius 2 is 1.81 bits per heavy atom. The van der Waals surface area contributed by atoms with Crippen LogP contribution < -0.4 is 5.32 Å². The first-order valence-corrected chi connectivity index (χ1v) is 9.67. The molecule has 0 bridgehead atoms.